The van der Waals surface area contributed by atoms with Crippen LogP contribution in [0.15, 0.2) is 0 Å². The number of aliphatic hydroxyl groups excluding tert-OH is 1. The molecule has 0 aliphatic carbocycles. The fraction of sp³-hybridized carbons (Fsp3) is 0.500. The van der Waals surface area contributed by atoms with Crippen LogP contribution in [0.4, 0.5) is 0 Å². The smallest absolute Gasteiger partial charge is 0.347 e. The molecule has 0 unspecified atom stereocenters. The summed E-state index contributed by atoms with van der Waals surface area (Å²) in [5.74, 6) is -1.41. The molecule has 4 heteroatoms. The lowest BCUT2D eigenvalue weighted by Gasteiger charge is -1.89. The molecule has 4 N–H and O–H groups in total. The summed E-state index contributed by atoms with van der Waals surface area (Å²) >= 11 is 0. The van der Waals surface area contributed by atoms with Crippen LogP contribution < -0.4 is 5.73 Å². The Morgan fingerprint density at radius 1 is 1.83 bits per heavy atom. The zero-order valence-corrected chi connectivity index (χ0v) is 2.96. The third-order valence-corrected chi connectivity index (χ3v) is 0.253. The summed E-state index contributed by atoms with van der Waals surface area (Å²) in [5.41, 5.74) is 4.39. The second-order valence-electron chi connectivity index (χ2n) is 0.783. The van der Waals surface area contributed by atoms with E-state index in [0.29, 0.717) is 0 Å². The molecule has 0 saturated carbocycles. The zero-order valence-electron chi connectivity index (χ0n) is 2.96. The van der Waals surface area contributed by atoms with Crippen molar-refractivity contribution in [1.82, 2.24) is 0 Å². The number of aliphatic carboxylic acids is 1. The van der Waals surface area contributed by atoms with Crippen molar-refractivity contribution in [2.75, 3.05) is 0 Å². The van der Waals surface area contributed by atoms with Gasteiger partial charge in [0.05, 0.1) is 0 Å². The van der Waals surface area contributed by atoms with Crippen LogP contribution in [0.5, 0.6) is 0 Å². The van der Waals surface area contributed by atoms with Gasteiger partial charge in [-0.15, -0.1) is 0 Å². The van der Waals surface area contributed by atoms with Gasteiger partial charge in [0.2, 0.25) is 6.23 Å². The Bertz CT molecular complexity index is 59.8. The van der Waals surface area contributed by atoms with Crippen LogP contribution in [0.2, 0.25) is 0 Å². The van der Waals surface area contributed by atoms with Crippen LogP contribution in [0.3, 0.4) is 0 Å². The number of carboxylic acid groups (broad SMARTS) is 1. The lowest BCUT2D eigenvalue weighted by atomic mass is 10.6. The number of hydrogen-bond donors (Lipinski definition) is 3. The maximum absolute atomic E-state index is 9.32. The molecule has 0 spiro atoms. The van der Waals surface area contributed by atoms with E-state index in [4.69, 9.17) is 10.2 Å². The van der Waals surface area contributed by atoms with Crippen molar-refractivity contribution in [3.63, 3.8) is 0 Å². The van der Waals surface area contributed by atoms with Crippen molar-refractivity contribution in [2.45, 2.75) is 6.23 Å². The predicted octanol–water partition coefficient (Wildman–Crippen LogP) is -1.65. The first kappa shape index (κ1) is 5.39. The number of nitrogens with two attached hydrogens (primary N) is 1. The van der Waals surface area contributed by atoms with Crippen LogP contribution in [0, 0.1) is 0 Å². The minimum Gasteiger partial charge on any atom is -0.478 e. The first-order valence-corrected chi connectivity index (χ1v) is 1.31. The Labute approximate surface area is 34.2 Å². The molecule has 0 aromatic rings. The number of hydrogen-bond acceptors (Lipinski definition) is 3. The molecule has 0 fully saturated rings. The minimum absolute atomic E-state index is 1.41. The number of rotatable bonds is 1. The van der Waals surface area contributed by atoms with Gasteiger partial charge >= 0.3 is 5.97 Å². The van der Waals surface area contributed by atoms with Gasteiger partial charge in [0.15, 0.2) is 0 Å². The van der Waals surface area contributed by atoms with Gasteiger partial charge in [-0.25, -0.2) is 4.79 Å². The SMILES string of the molecule is N[C@@H](O)C(=O)O. The molecule has 0 aromatic carbocycles. The molecule has 0 amide bonds. The van der Waals surface area contributed by atoms with E-state index in [1.807, 2.05) is 0 Å². The van der Waals surface area contributed by atoms with Crippen LogP contribution in [-0.4, -0.2) is 22.4 Å². The molecular weight excluding hydrogens is 86.0 g/mol. The van der Waals surface area contributed by atoms with Crippen LogP contribution in [0.1, 0.15) is 0 Å². The van der Waals surface area contributed by atoms with Gasteiger partial charge in [0.25, 0.3) is 0 Å². The Morgan fingerprint density at radius 2 is 2.00 bits per heavy atom. The van der Waals surface area contributed by atoms with Gasteiger partial charge in [0.1, 0.15) is 0 Å². The van der Waals surface area contributed by atoms with Crippen molar-refractivity contribution in [3.05, 3.63) is 0 Å². The second-order valence-corrected chi connectivity index (χ2v) is 0.783. The van der Waals surface area contributed by atoms with Gasteiger partial charge < -0.3 is 10.2 Å². The molecule has 0 aliphatic rings. The van der Waals surface area contributed by atoms with Crippen molar-refractivity contribution < 1.29 is 15.0 Å². The Morgan fingerprint density at radius 3 is 2.00 bits per heavy atom. The monoisotopic (exact) mass is 91.0 g/mol. The third-order valence-electron chi connectivity index (χ3n) is 0.253. The molecular formula is C2H5NO3. The molecule has 0 aliphatic heterocycles. The standard InChI is InChI=1S/C2H5NO3/c3-1(4)2(5)6/h1,4H,3H2,(H,5,6)/t1-/m0/s1. The van der Waals surface area contributed by atoms with Gasteiger partial charge in [-0.1, -0.05) is 0 Å². The highest BCUT2D eigenvalue weighted by Gasteiger charge is 2.01. The molecule has 4 nitrogen and oxygen atoms in total. The van der Waals surface area contributed by atoms with E-state index in [1.54, 1.807) is 0 Å². The fourth-order valence-electron chi connectivity index (χ4n) is 0. The number of carbonyl (C=O) groups is 1. The largest absolute Gasteiger partial charge is 0.478 e. The summed E-state index contributed by atoms with van der Waals surface area (Å²) < 4.78 is 0. The van der Waals surface area contributed by atoms with Gasteiger partial charge in [-0.2, -0.15) is 0 Å². The summed E-state index contributed by atoms with van der Waals surface area (Å²) in [6.45, 7) is 0. The summed E-state index contributed by atoms with van der Waals surface area (Å²) in [6, 6.07) is 0. The summed E-state index contributed by atoms with van der Waals surface area (Å²) in [7, 11) is 0. The second kappa shape index (κ2) is 1.74. The fourth-order valence-corrected chi connectivity index (χ4v) is 0. The number of aliphatic hydroxyl groups is 1. The van der Waals surface area contributed by atoms with Gasteiger partial charge in [0, 0.05) is 0 Å². The van der Waals surface area contributed by atoms with Crippen molar-refractivity contribution in [1.29, 1.82) is 0 Å². The van der Waals surface area contributed by atoms with E-state index in [-0.39, 0.29) is 0 Å². The lowest BCUT2D eigenvalue weighted by Crippen LogP contribution is -2.28. The summed E-state index contributed by atoms with van der Waals surface area (Å²) in [5, 5.41) is 15.4. The molecule has 6 heavy (non-hydrogen) atoms. The van der Waals surface area contributed by atoms with Crippen LogP contribution in [-0.2, 0) is 4.79 Å². The minimum atomic E-state index is -1.73. The van der Waals surface area contributed by atoms with E-state index in [9.17, 15) is 4.79 Å². The van der Waals surface area contributed by atoms with E-state index in [2.05, 4.69) is 5.73 Å². The predicted molar refractivity (Wildman–Crippen MR) is 17.8 cm³/mol. The third kappa shape index (κ3) is 1.68. The normalized spacial score (nSPS) is 13.7. The maximum Gasteiger partial charge on any atom is 0.347 e. The lowest BCUT2D eigenvalue weighted by molar-refractivity contribution is -0.146. The summed E-state index contributed by atoms with van der Waals surface area (Å²) in [4.78, 5) is 9.32. The van der Waals surface area contributed by atoms with Gasteiger partial charge in [-0.05, 0) is 0 Å². The average molecular weight is 91.1 g/mol. The number of carboxylic acids is 1. The quantitative estimate of drug-likeness (QED) is 0.337. The average Bonchev–Trinajstić information content (AvgIpc) is 1.36. The first-order chi connectivity index (χ1) is 2.64. The molecule has 0 heterocycles. The molecule has 0 saturated heterocycles. The summed E-state index contributed by atoms with van der Waals surface area (Å²) in [6.07, 6.45) is -1.73. The molecule has 1 atom stereocenters. The molecule has 36 valence electrons. The topological polar surface area (TPSA) is 83.5 Å². The van der Waals surface area contributed by atoms with Crippen molar-refractivity contribution >= 4 is 5.97 Å². The molecule has 0 radical (unpaired) electrons. The van der Waals surface area contributed by atoms with E-state index >= 15 is 0 Å². The van der Waals surface area contributed by atoms with E-state index in [1.165, 1.54) is 0 Å². The molecule has 0 aromatic heterocycles. The van der Waals surface area contributed by atoms with Crippen LogP contribution >= 0.6 is 0 Å². The highest BCUT2D eigenvalue weighted by molar-refractivity contribution is 5.70. The Hall–Kier alpha value is -0.610. The molecule has 0 rings (SSSR count). The van der Waals surface area contributed by atoms with Crippen LogP contribution in [0.25, 0.3) is 0 Å². The first-order valence-electron chi connectivity index (χ1n) is 1.31. The van der Waals surface area contributed by atoms with E-state index in [0.717, 1.165) is 0 Å². The van der Waals surface area contributed by atoms with Gasteiger partial charge in [-0.3, -0.25) is 5.73 Å². The van der Waals surface area contributed by atoms with E-state index < -0.39 is 12.2 Å². The highest BCUT2D eigenvalue weighted by Crippen LogP contribution is 1.62. The van der Waals surface area contributed by atoms with Crippen molar-refractivity contribution in [3.8, 4) is 0 Å². The zero-order chi connectivity index (χ0) is 5.15. The maximum atomic E-state index is 9.32. The Balaban J connectivity index is 3.26. The highest BCUT2D eigenvalue weighted by atomic mass is 16.4. The Kier molecular flexibility index (Phi) is 1.56. The van der Waals surface area contributed by atoms with Crippen molar-refractivity contribution in [2.24, 2.45) is 5.73 Å². The molecule has 0 bridgehead atoms.